The molecule has 16 nitrogen and oxygen atoms in total. The number of nitrogens with zero attached hydrogens (tertiary/aromatic N) is 2. The second-order valence-corrected chi connectivity index (χ2v) is 11.0. The fraction of sp³-hybridized carbons (Fsp3) is 0.724. The van der Waals surface area contributed by atoms with Gasteiger partial charge in [0.15, 0.2) is 31.1 Å². The third-order valence-electron chi connectivity index (χ3n) is 7.88. The lowest BCUT2D eigenvalue weighted by Gasteiger charge is -2.43. The Labute approximate surface area is 261 Å². The lowest BCUT2D eigenvalue weighted by molar-refractivity contribution is -0.306. The second-order valence-electron chi connectivity index (χ2n) is 11.0. The number of amides is 2. The molecule has 0 saturated carbocycles. The number of hydrogen-bond acceptors (Lipinski definition) is 14. The molecular formula is C29H44N2O14. The van der Waals surface area contributed by atoms with E-state index in [2.05, 4.69) is 0 Å². The largest absolute Gasteiger partial charge is 0.387 e. The minimum absolute atomic E-state index is 0.0902. The predicted octanol–water partition coefficient (Wildman–Crippen LogP) is -2.57. The van der Waals surface area contributed by atoms with Gasteiger partial charge in [-0.05, 0) is 5.56 Å². The summed E-state index contributed by atoms with van der Waals surface area (Å²) in [6.07, 6.45) is -14.7. The SMILES string of the molecule is CO[C@@H]1OC(C(=O)N(C)CC2OCCO2)[C@@H](OCCO[C@@H]2OC(C(=O)N(C)Cc3ccccc3)[C@@H](OC)[C@H](O)[C@@H]2O)[C@H](O)[C@@H]1O. The number of methoxy groups -OCH3 is 2. The van der Waals surface area contributed by atoms with Crippen molar-refractivity contribution in [2.45, 2.75) is 74.2 Å². The van der Waals surface area contributed by atoms with E-state index in [9.17, 15) is 30.0 Å². The highest BCUT2D eigenvalue weighted by Gasteiger charge is 2.51. The molecule has 4 N–H and O–H groups in total. The average Bonchev–Trinajstić information content (AvgIpc) is 3.55. The maximum Gasteiger partial charge on any atom is 0.254 e. The first kappa shape index (κ1) is 35.5. The Morgan fingerprint density at radius 3 is 1.96 bits per heavy atom. The molecule has 4 rings (SSSR count). The first-order valence-corrected chi connectivity index (χ1v) is 14.7. The highest BCUT2D eigenvalue weighted by atomic mass is 16.7. The molecule has 45 heavy (non-hydrogen) atoms. The van der Waals surface area contributed by atoms with Gasteiger partial charge in [-0.2, -0.15) is 0 Å². The number of likely N-dealkylation sites (N-methyl/N-ethyl adjacent to an activating group) is 2. The zero-order valence-electron chi connectivity index (χ0n) is 25.7. The van der Waals surface area contributed by atoms with Gasteiger partial charge in [0.25, 0.3) is 11.8 Å². The molecule has 2 unspecified atom stereocenters. The molecule has 3 aliphatic heterocycles. The fourth-order valence-corrected chi connectivity index (χ4v) is 5.40. The van der Waals surface area contributed by atoms with Crippen molar-refractivity contribution in [2.75, 3.05) is 61.3 Å². The second kappa shape index (κ2) is 16.5. The van der Waals surface area contributed by atoms with Crippen LogP contribution in [0.15, 0.2) is 30.3 Å². The van der Waals surface area contributed by atoms with Crippen LogP contribution in [0.3, 0.4) is 0 Å². The van der Waals surface area contributed by atoms with E-state index in [1.165, 1.54) is 31.1 Å². The molecule has 1 aromatic rings. The number of aliphatic hydroxyl groups is 4. The molecule has 254 valence electrons. The summed E-state index contributed by atoms with van der Waals surface area (Å²) in [6, 6.07) is 9.28. The molecule has 16 heteroatoms. The minimum Gasteiger partial charge on any atom is -0.387 e. The topological polar surface area (TPSA) is 195 Å². The third kappa shape index (κ3) is 8.54. The summed E-state index contributed by atoms with van der Waals surface area (Å²) in [5.74, 6) is -1.07. The van der Waals surface area contributed by atoms with Crippen LogP contribution in [0.1, 0.15) is 5.56 Å². The molecule has 0 spiro atoms. The molecule has 2 amide bonds. The number of carbonyl (C=O) groups is 2. The molecule has 1 aromatic carbocycles. The quantitative estimate of drug-likeness (QED) is 0.164. The normalized spacial score (nSPS) is 34.0. The van der Waals surface area contributed by atoms with Crippen molar-refractivity contribution in [3.05, 3.63) is 35.9 Å². The number of aliphatic hydroxyl groups excluding tert-OH is 4. The van der Waals surface area contributed by atoms with Crippen molar-refractivity contribution < 1.29 is 67.9 Å². The van der Waals surface area contributed by atoms with Crippen molar-refractivity contribution in [3.8, 4) is 0 Å². The van der Waals surface area contributed by atoms with Crippen LogP contribution in [0.2, 0.25) is 0 Å². The van der Waals surface area contributed by atoms with Crippen molar-refractivity contribution in [1.29, 1.82) is 0 Å². The van der Waals surface area contributed by atoms with Crippen LogP contribution in [-0.2, 0) is 54.0 Å². The minimum atomic E-state index is -1.58. The molecule has 3 saturated heterocycles. The van der Waals surface area contributed by atoms with Crippen LogP contribution in [-0.4, -0.2) is 171 Å². The van der Waals surface area contributed by atoms with Gasteiger partial charge in [-0.3, -0.25) is 9.59 Å². The van der Waals surface area contributed by atoms with Gasteiger partial charge in [-0.1, -0.05) is 30.3 Å². The molecule has 3 fully saturated rings. The lowest BCUT2D eigenvalue weighted by Crippen LogP contribution is -2.63. The average molecular weight is 645 g/mol. The number of carbonyl (C=O) groups excluding carboxylic acids is 2. The zero-order chi connectivity index (χ0) is 32.7. The fourth-order valence-electron chi connectivity index (χ4n) is 5.40. The number of hydrogen-bond donors (Lipinski definition) is 4. The van der Waals surface area contributed by atoms with Gasteiger partial charge in [0.05, 0.1) is 33.0 Å². The van der Waals surface area contributed by atoms with E-state index in [0.717, 1.165) is 5.56 Å². The Hall–Kier alpha value is -2.32. The van der Waals surface area contributed by atoms with Gasteiger partial charge in [-0.25, -0.2) is 0 Å². The number of benzene rings is 1. The van der Waals surface area contributed by atoms with Crippen molar-refractivity contribution in [3.63, 3.8) is 0 Å². The maximum atomic E-state index is 13.3. The van der Waals surface area contributed by atoms with Crippen molar-refractivity contribution in [2.24, 2.45) is 0 Å². The van der Waals surface area contributed by atoms with Crippen LogP contribution < -0.4 is 0 Å². The maximum absolute atomic E-state index is 13.3. The molecule has 0 aromatic heterocycles. The molecule has 3 aliphatic rings. The Balaban J connectivity index is 1.36. The lowest BCUT2D eigenvalue weighted by atomic mass is 9.97. The zero-order valence-corrected chi connectivity index (χ0v) is 25.7. The van der Waals surface area contributed by atoms with Crippen molar-refractivity contribution in [1.82, 2.24) is 9.80 Å². The monoisotopic (exact) mass is 644 g/mol. The van der Waals surface area contributed by atoms with Crippen LogP contribution >= 0.6 is 0 Å². The Morgan fingerprint density at radius 2 is 1.31 bits per heavy atom. The van der Waals surface area contributed by atoms with Crippen molar-refractivity contribution >= 4 is 11.8 Å². The smallest absolute Gasteiger partial charge is 0.254 e. The third-order valence-corrected chi connectivity index (χ3v) is 7.88. The summed E-state index contributed by atoms with van der Waals surface area (Å²) in [5.41, 5.74) is 0.877. The van der Waals surface area contributed by atoms with Crippen LogP contribution in [0.25, 0.3) is 0 Å². The highest BCUT2D eigenvalue weighted by Crippen LogP contribution is 2.28. The van der Waals surface area contributed by atoms with Crippen LogP contribution in [0.4, 0.5) is 0 Å². The highest BCUT2D eigenvalue weighted by molar-refractivity contribution is 5.82. The molecule has 10 atom stereocenters. The molecule has 3 heterocycles. The van der Waals surface area contributed by atoms with E-state index < -0.39 is 79.5 Å². The van der Waals surface area contributed by atoms with Gasteiger partial charge < -0.3 is 68.1 Å². The van der Waals surface area contributed by atoms with E-state index in [-0.39, 0.29) is 26.3 Å². The Kier molecular flexibility index (Phi) is 13.0. The summed E-state index contributed by atoms with van der Waals surface area (Å²) in [6.45, 7) is 0.632. The predicted molar refractivity (Wildman–Crippen MR) is 151 cm³/mol. The standard InChI is InChI=1S/C29H44N2O14/c1-30(14-16-8-6-5-7-9-16)26(36)24-22(38-3)18(32)21(35)29(45-24)43-13-12-42-23-19(33)20(34)28(39-4)44-25(23)27(37)31(2)15-17-40-10-11-41-17/h5-9,17-25,28-29,32-35H,10-15H2,1-4H3/t18-,19-,20+,21+,22+,23+,24?,25?,28-,29-/m1/s1. The van der Waals surface area contributed by atoms with Gasteiger partial charge >= 0.3 is 0 Å². The summed E-state index contributed by atoms with van der Waals surface area (Å²) >= 11 is 0. The molecular weight excluding hydrogens is 600 g/mol. The van der Waals surface area contributed by atoms with E-state index in [1.807, 2.05) is 30.3 Å². The summed E-state index contributed by atoms with van der Waals surface area (Å²) in [5, 5.41) is 42.7. The summed E-state index contributed by atoms with van der Waals surface area (Å²) in [4.78, 5) is 29.3. The Morgan fingerprint density at radius 1 is 0.756 bits per heavy atom. The van der Waals surface area contributed by atoms with E-state index in [1.54, 1.807) is 7.05 Å². The van der Waals surface area contributed by atoms with E-state index >= 15 is 0 Å². The van der Waals surface area contributed by atoms with Gasteiger partial charge in [0.1, 0.15) is 36.6 Å². The molecule has 0 aliphatic carbocycles. The molecule has 0 radical (unpaired) electrons. The molecule has 0 bridgehead atoms. The van der Waals surface area contributed by atoms with Crippen LogP contribution in [0.5, 0.6) is 0 Å². The van der Waals surface area contributed by atoms with E-state index in [4.69, 9.17) is 37.9 Å². The van der Waals surface area contributed by atoms with E-state index in [0.29, 0.717) is 13.2 Å². The Bertz CT molecular complexity index is 1080. The van der Waals surface area contributed by atoms with Gasteiger partial charge in [0, 0.05) is 34.9 Å². The first-order valence-electron chi connectivity index (χ1n) is 14.7. The van der Waals surface area contributed by atoms with Gasteiger partial charge in [-0.15, -0.1) is 0 Å². The summed E-state index contributed by atoms with van der Waals surface area (Å²) in [7, 11) is 5.64. The van der Waals surface area contributed by atoms with Crippen LogP contribution in [0, 0.1) is 0 Å². The number of rotatable bonds is 13. The summed E-state index contributed by atoms with van der Waals surface area (Å²) < 4.78 is 44.1. The number of ether oxygens (including phenoxy) is 8. The first-order chi connectivity index (χ1) is 21.6. The van der Waals surface area contributed by atoms with Gasteiger partial charge in [0.2, 0.25) is 0 Å².